The number of piperazine rings is 1. The molecule has 1 amide bonds. The van der Waals surface area contributed by atoms with E-state index in [-0.39, 0.29) is 43.1 Å². The second kappa shape index (κ2) is 12.1. The van der Waals surface area contributed by atoms with E-state index < -0.39 is 18.1 Å². The predicted octanol–water partition coefficient (Wildman–Crippen LogP) is 4.14. The van der Waals surface area contributed by atoms with Crippen LogP contribution in [0, 0.1) is 25.2 Å². The van der Waals surface area contributed by atoms with Crippen molar-refractivity contribution in [1.82, 2.24) is 15.1 Å². The zero-order chi connectivity index (χ0) is 32.2. The number of esters is 1. The molecule has 0 aliphatic carbocycles. The summed E-state index contributed by atoms with van der Waals surface area (Å²) in [5, 5.41) is 25.6. The number of aryl methyl sites for hydroxylation is 1. The number of hydrogen-bond donors (Lipinski definition) is 2. The Hall–Kier alpha value is -4.01. The molecule has 2 bridgehead atoms. The maximum atomic E-state index is 13.1. The lowest BCUT2D eigenvalue weighted by molar-refractivity contribution is -0.132. The second-order valence-electron chi connectivity index (χ2n) is 12.6. The van der Waals surface area contributed by atoms with Gasteiger partial charge in [0.25, 0.3) is 0 Å². The van der Waals surface area contributed by atoms with E-state index in [1.165, 1.54) is 6.92 Å². The average Bonchev–Trinajstić information content (AvgIpc) is 3.49. The molecule has 0 radical (unpaired) electrons. The monoisotopic (exact) mass is 618 g/mol. The third kappa shape index (κ3) is 4.95. The second-order valence-corrected chi connectivity index (χ2v) is 12.6. The van der Waals surface area contributed by atoms with Crippen LogP contribution in [0.3, 0.4) is 0 Å². The van der Waals surface area contributed by atoms with Crippen molar-refractivity contribution in [2.75, 3.05) is 27.5 Å². The quantitative estimate of drug-likeness (QED) is 0.253. The number of nitrogens with one attached hydrogen (secondary N) is 1. The SMILES string of the molecule is CCCCCC(=O)NC[C@H]1c2c(c(OC(C)=O)c(C)c3c2OCO3)CC2[C@@H]3c4c(cc(C)c(OC)c4O)C[C@@H]([C@H](C#N)N21)N3C. The molecule has 2 aromatic carbocycles. The van der Waals surface area contributed by atoms with Crippen LogP contribution in [0.2, 0.25) is 0 Å². The van der Waals surface area contributed by atoms with Crippen molar-refractivity contribution in [2.45, 2.75) is 96.4 Å². The Labute approximate surface area is 264 Å². The van der Waals surface area contributed by atoms with Crippen molar-refractivity contribution >= 4 is 11.9 Å². The number of benzene rings is 2. The molecule has 11 heteroatoms. The summed E-state index contributed by atoms with van der Waals surface area (Å²) in [4.78, 5) is 29.9. The summed E-state index contributed by atoms with van der Waals surface area (Å²) in [6, 6.07) is 2.83. The molecule has 5 atom stereocenters. The van der Waals surface area contributed by atoms with Crippen molar-refractivity contribution in [3.63, 3.8) is 0 Å². The van der Waals surface area contributed by atoms with E-state index in [4.69, 9.17) is 18.9 Å². The number of likely N-dealkylation sites (N-methyl/N-ethyl adjacent to an activating group) is 1. The molecule has 0 spiro atoms. The van der Waals surface area contributed by atoms with Gasteiger partial charge in [-0.3, -0.25) is 19.4 Å². The van der Waals surface area contributed by atoms with Gasteiger partial charge in [-0.05, 0) is 51.3 Å². The topological polar surface area (TPSA) is 134 Å². The van der Waals surface area contributed by atoms with E-state index in [2.05, 4.69) is 34.2 Å². The van der Waals surface area contributed by atoms with Gasteiger partial charge in [-0.1, -0.05) is 25.8 Å². The summed E-state index contributed by atoms with van der Waals surface area (Å²) in [5.41, 5.74) is 4.82. The Morgan fingerprint density at radius 2 is 1.89 bits per heavy atom. The number of ether oxygens (including phenoxy) is 4. The molecule has 4 heterocycles. The average molecular weight is 619 g/mol. The summed E-state index contributed by atoms with van der Waals surface area (Å²) in [6.45, 7) is 7.47. The summed E-state index contributed by atoms with van der Waals surface area (Å²) >= 11 is 0. The van der Waals surface area contributed by atoms with Crippen molar-refractivity contribution in [3.8, 4) is 34.8 Å². The smallest absolute Gasteiger partial charge is 0.308 e. The van der Waals surface area contributed by atoms with Crippen molar-refractivity contribution < 1.29 is 33.6 Å². The molecule has 11 nitrogen and oxygen atoms in total. The van der Waals surface area contributed by atoms with Gasteiger partial charge in [0.2, 0.25) is 12.7 Å². The van der Waals surface area contributed by atoms with Crippen molar-refractivity contribution in [3.05, 3.63) is 39.4 Å². The number of methoxy groups -OCH3 is 1. The molecular formula is C34H42N4O7. The van der Waals surface area contributed by atoms with Gasteiger partial charge in [0.15, 0.2) is 23.0 Å². The number of aromatic hydroxyl groups is 1. The summed E-state index contributed by atoms with van der Waals surface area (Å²) < 4.78 is 23.5. The van der Waals surface area contributed by atoms with Gasteiger partial charge in [-0.2, -0.15) is 5.26 Å². The molecule has 2 N–H and O–H groups in total. The molecule has 2 aromatic rings. The van der Waals surface area contributed by atoms with Crippen LogP contribution in [0.4, 0.5) is 0 Å². The van der Waals surface area contributed by atoms with Crippen LogP contribution in [-0.4, -0.2) is 72.4 Å². The number of amides is 1. The molecular weight excluding hydrogens is 576 g/mol. The minimum Gasteiger partial charge on any atom is -0.504 e. The fourth-order valence-electron chi connectivity index (χ4n) is 8.15. The molecule has 0 aromatic heterocycles. The molecule has 1 fully saturated rings. The summed E-state index contributed by atoms with van der Waals surface area (Å²) in [6.07, 6.45) is 4.16. The third-order valence-corrected chi connectivity index (χ3v) is 10.0. The van der Waals surface area contributed by atoms with Gasteiger partial charge in [0, 0.05) is 54.2 Å². The minimum atomic E-state index is -0.541. The number of carbonyl (C=O) groups is 2. The Morgan fingerprint density at radius 1 is 1.13 bits per heavy atom. The van der Waals surface area contributed by atoms with Crippen LogP contribution in [0.1, 0.15) is 85.0 Å². The predicted molar refractivity (Wildman–Crippen MR) is 165 cm³/mol. The molecule has 240 valence electrons. The highest BCUT2D eigenvalue weighted by Gasteiger charge is 2.56. The lowest BCUT2D eigenvalue weighted by atomic mass is 9.71. The number of rotatable bonds is 8. The Kier molecular flexibility index (Phi) is 8.31. The summed E-state index contributed by atoms with van der Waals surface area (Å²) in [7, 11) is 3.55. The molecule has 6 rings (SSSR count). The number of fused-ring (bicyclic) bond motifs is 9. The number of nitrogens with zero attached hydrogens (tertiary/aromatic N) is 3. The Bertz CT molecular complexity index is 1580. The third-order valence-electron chi connectivity index (χ3n) is 10.0. The van der Waals surface area contributed by atoms with Crippen LogP contribution in [0.15, 0.2) is 6.07 Å². The maximum absolute atomic E-state index is 13.1. The first-order valence-electron chi connectivity index (χ1n) is 15.8. The molecule has 4 aliphatic heterocycles. The van der Waals surface area contributed by atoms with Gasteiger partial charge in [-0.15, -0.1) is 0 Å². The van der Waals surface area contributed by atoms with E-state index in [0.29, 0.717) is 47.8 Å². The first-order chi connectivity index (χ1) is 21.6. The van der Waals surface area contributed by atoms with Crippen LogP contribution < -0.4 is 24.3 Å². The van der Waals surface area contributed by atoms with Crippen LogP contribution in [0.25, 0.3) is 0 Å². The van der Waals surface area contributed by atoms with Gasteiger partial charge < -0.3 is 29.4 Å². The number of unbranched alkanes of at least 4 members (excludes halogenated alkanes) is 2. The largest absolute Gasteiger partial charge is 0.504 e. The number of carbonyl (C=O) groups excluding carboxylic acids is 2. The normalized spacial score (nSPS) is 24.6. The van der Waals surface area contributed by atoms with Crippen LogP contribution >= 0.6 is 0 Å². The van der Waals surface area contributed by atoms with E-state index in [0.717, 1.165) is 47.1 Å². The zero-order valence-corrected chi connectivity index (χ0v) is 26.9. The highest BCUT2D eigenvalue weighted by Crippen LogP contribution is 2.58. The van der Waals surface area contributed by atoms with E-state index >= 15 is 0 Å². The molecule has 0 saturated carbocycles. The van der Waals surface area contributed by atoms with Gasteiger partial charge in [0.1, 0.15) is 11.8 Å². The Balaban J connectivity index is 1.55. The Morgan fingerprint density at radius 3 is 2.58 bits per heavy atom. The first-order valence-corrected chi connectivity index (χ1v) is 15.8. The van der Waals surface area contributed by atoms with E-state index in [9.17, 15) is 20.0 Å². The highest BCUT2D eigenvalue weighted by molar-refractivity contribution is 5.76. The van der Waals surface area contributed by atoms with Crippen molar-refractivity contribution in [1.29, 1.82) is 5.26 Å². The maximum Gasteiger partial charge on any atom is 0.308 e. The molecule has 1 saturated heterocycles. The van der Waals surface area contributed by atoms with E-state index in [1.807, 2.05) is 20.9 Å². The highest BCUT2D eigenvalue weighted by atomic mass is 16.7. The van der Waals surface area contributed by atoms with Crippen LogP contribution in [-0.2, 0) is 22.4 Å². The fraction of sp³-hybridized carbons (Fsp3) is 0.559. The zero-order valence-electron chi connectivity index (χ0n) is 26.9. The first kappa shape index (κ1) is 31.0. The number of phenols is 1. The standard InChI is InChI=1S/C34H42N4O7/c1-7-8-9-10-26(40)36-15-25-28-21(32(45-19(4)39)18(3)33-34(28)44-16-43-33)13-23-29-27-20(11-17(2)31(42-6)30(27)41)12-22(37(29)5)24(14-35)38(23)25/h11,22-25,29,41H,7-10,12-13,15-16H2,1-6H3,(H,36,40)/t22-,23?,24-,25-,29+/m0/s1. The minimum absolute atomic E-state index is 0.0156. The molecule has 45 heavy (non-hydrogen) atoms. The van der Waals surface area contributed by atoms with Gasteiger partial charge >= 0.3 is 5.97 Å². The molecule has 4 aliphatic rings. The number of phenolic OH excluding ortho intramolecular Hbond substituents is 1. The lowest BCUT2D eigenvalue weighted by Crippen LogP contribution is -2.68. The van der Waals surface area contributed by atoms with Gasteiger partial charge in [0.05, 0.1) is 25.3 Å². The fourth-order valence-corrected chi connectivity index (χ4v) is 8.15. The number of nitriles is 1. The number of hydrogen-bond acceptors (Lipinski definition) is 10. The van der Waals surface area contributed by atoms with Crippen molar-refractivity contribution in [2.24, 2.45) is 0 Å². The summed E-state index contributed by atoms with van der Waals surface area (Å²) in [5.74, 6) is 1.50. The molecule has 1 unspecified atom stereocenters. The van der Waals surface area contributed by atoms with E-state index in [1.54, 1.807) is 7.11 Å². The van der Waals surface area contributed by atoms with Gasteiger partial charge in [-0.25, -0.2) is 0 Å². The lowest BCUT2D eigenvalue weighted by Gasteiger charge is -2.60. The van der Waals surface area contributed by atoms with Crippen LogP contribution in [0.5, 0.6) is 28.7 Å².